The van der Waals surface area contributed by atoms with Gasteiger partial charge in [-0.2, -0.15) is 8.78 Å². The van der Waals surface area contributed by atoms with Crippen LogP contribution in [0, 0.1) is 5.82 Å². The zero-order valence-electron chi connectivity index (χ0n) is 17.7. The molecule has 0 fully saturated rings. The van der Waals surface area contributed by atoms with Gasteiger partial charge < -0.3 is 14.8 Å². The number of sulfonamides is 1. The maximum atomic E-state index is 13.0. The van der Waals surface area contributed by atoms with E-state index in [-0.39, 0.29) is 22.1 Å². The van der Waals surface area contributed by atoms with E-state index in [1.165, 1.54) is 61.7 Å². The Morgan fingerprint density at radius 1 is 0.941 bits per heavy atom. The van der Waals surface area contributed by atoms with E-state index >= 15 is 0 Å². The molecule has 3 aromatic rings. The van der Waals surface area contributed by atoms with Gasteiger partial charge in [0.1, 0.15) is 5.82 Å². The Balaban J connectivity index is 1.61. The van der Waals surface area contributed by atoms with Crippen molar-refractivity contribution >= 4 is 33.4 Å². The maximum Gasteiger partial charge on any atom is 0.387 e. The minimum absolute atomic E-state index is 0.0848. The molecular weight excluding hydrogens is 473 g/mol. The number of halogens is 3. The molecule has 0 radical (unpaired) electrons. The molecule has 0 aromatic heterocycles. The van der Waals surface area contributed by atoms with Crippen LogP contribution in [0.1, 0.15) is 5.56 Å². The van der Waals surface area contributed by atoms with Gasteiger partial charge in [-0.05, 0) is 72.3 Å². The molecule has 0 saturated carbocycles. The van der Waals surface area contributed by atoms with Gasteiger partial charge in [-0.1, -0.05) is 6.07 Å². The molecule has 0 unspecified atom stereocenters. The Labute approximate surface area is 193 Å². The summed E-state index contributed by atoms with van der Waals surface area (Å²) in [5, 5.41) is 2.61. The molecule has 7 nitrogen and oxygen atoms in total. The molecule has 0 aliphatic carbocycles. The first-order chi connectivity index (χ1) is 16.2. The van der Waals surface area contributed by atoms with E-state index in [4.69, 9.17) is 4.74 Å². The first kappa shape index (κ1) is 24.6. The standard InChI is InChI=1S/C23H19F3N2O5S/c1-32-21-14-15(2-12-20(21)33-23(25)26)3-13-22(29)27-17-6-8-18(9-7-17)28-34(30,31)19-10-4-16(24)5-11-19/h2-14,23,28H,1H3,(H,27,29)/b13-3+. The molecule has 0 aliphatic rings. The Morgan fingerprint density at radius 2 is 1.59 bits per heavy atom. The molecule has 0 heterocycles. The number of carbonyl (C=O) groups excluding carboxylic acids is 1. The van der Waals surface area contributed by atoms with Crippen molar-refractivity contribution in [2.24, 2.45) is 0 Å². The number of hydrogen-bond acceptors (Lipinski definition) is 5. The second-order valence-electron chi connectivity index (χ2n) is 6.75. The lowest BCUT2D eigenvalue weighted by Gasteiger charge is -2.10. The highest BCUT2D eigenvalue weighted by Crippen LogP contribution is 2.30. The van der Waals surface area contributed by atoms with Crippen LogP contribution in [0.5, 0.6) is 11.5 Å². The zero-order chi connectivity index (χ0) is 24.7. The van der Waals surface area contributed by atoms with Gasteiger partial charge in [0, 0.05) is 17.5 Å². The molecular formula is C23H19F3N2O5S. The second-order valence-corrected chi connectivity index (χ2v) is 8.43. The molecule has 178 valence electrons. The topological polar surface area (TPSA) is 93.7 Å². The van der Waals surface area contributed by atoms with Gasteiger partial charge in [0.2, 0.25) is 5.91 Å². The third kappa shape index (κ3) is 6.75. The molecule has 34 heavy (non-hydrogen) atoms. The highest BCUT2D eigenvalue weighted by molar-refractivity contribution is 7.92. The number of ether oxygens (including phenoxy) is 2. The van der Waals surface area contributed by atoms with Gasteiger partial charge in [0.05, 0.1) is 12.0 Å². The third-order valence-corrected chi connectivity index (χ3v) is 5.76. The lowest BCUT2D eigenvalue weighted by molar-refractivity contribution is -0.111. The molecule has 0 atom stereocenters. The molecule has 0 aliphatic heterocycles. The van der Waals surface area contributed by atoms with Crippen molar-refractivity contribution in [3.05, 3.63) is 84.2 Å². The lowest BCUT2D eigenvalue weighted by Crippen LogP contribution is -2.13. The van der Waals surface area contributed by atoms with Gasteiger partial charge in [-0.25, -0.2) is 12.8 Å². The Bertz CT molecular complexity index is 1280. The van der Waals surface area contributed by atoms with Crippen LogP contribution in [0.25, 0.3) is 6.08 Å². The second kappa shape index (κ2) is 10.8. The molecule has 0 spiro atoms. The van der Waals surface area contributed by atoms with Crippen molar-refractivity contribution in [2.45, 2.75) is 11.5 Å². The number of alkyl halides is 2. The first-order valence-corrected chi connectivity index (χ1v) is 11.1. The van der Waals surface area contributed by atoms with Crippen molar-refractivity contribution in [2.75, 3.05) is 17.1 Å². The van der Waals surface area contributed by atoms with Crippen LogP contribution in [-0.4, -0.2) is 28.0 Å². The number of anilines is 2. The number of rotatable bonds is 9. The first-order valence-electron chi connectivity index (χ1n) is 9.66. The molecule has 0 saturated heterocycles. The lowest BCUT2D eigenvalue weighted by atomic mass is 10.2. The zero-order valence-corrected chi connectivity index (χ0v) is 18.5. The number of carbonyl (C=O) groups is 1. The highest BCUT2D eigenvalue weighted by atomic mass is 32.2. The summed E-state index contributed by atoms with van der Waals surface area (Å²) in [7, 11) is -2.59. The van der Waals surface area contributed by atoms with Crippen molar-refractivity contribution in [3.8, 4) is 11.5 Å². The van der Waals surface area contributed by atoms with Crippen LogP contribution in [-0.2, 0) is 14.8 Å². The van der Waals surface area contributed by atoms with Crippen LogP contribution in [0.15, 0.2) is 77.7 Å². The van der Waals surface area contributed by atoms with Crippen molar-refractivity contribution in [1.29, 1.82) is 0 Å². The highest BCUT2D eigenvalue weighted by Gasteiger charge is 2.14. The fourth-order valence-corrected chi connectivity index (χ4v) is 3.85. The Morgan fingerprint density at radius 3 is 2.21 bits per heavy atom. The van der Waals surface area contributed by atoms with E-state index in [1.807, 2.05) is 0 Å². The van der Waals surface area contributed by atoms with Gasteiger partial charge in [-0.15, -0.1) is 0 Å². The van der Waals surface area contributed by atoms with Crippen LogP contribution >= 0.6 is 0 Å². The predicted molar refractivity (Wildman–Crippen MR) is 121 cm³/mol. The monoisotopic (exact) mass is 492 g/mol. The summed E-state index contributed by atoms with van der Waals surface area (Å²) in [6, 6.07) is 14.5. The Hall–Kier alpha value is -3.99. The largest absolute Gasteiger partial charge is 0.493 e. The van der Waals surface area contributed by atoms with E-state index in [0.29, 0.717) is 11.3 Å². The van der Waals surface area contributed by atoms with Gasteiger partial charge in [0.25, 0.3) is 10.0 Å². The maximum absolute atomic E-state index is 13.0. The summed E-state index contributed by atoms with van der Waals surface area (Å²) in [5.41, 5.74) is 1.16. The summed E-state index contributed by atoms with van der Waals surface area (Å²) in [6.07, 6.45) is 2.68. The van der Waals surface area contributed by atoms with Crippen LogP contribution in [0.3, 0.4) is 0 Å². The molecule has 3 rings (SSSR count). The quantitative estimate of drug-likeness (QED) is 0.415. The molecule has 2 N–H and O–H groups in total. The van der Waals surface area contributed by atoms with E-state index in [2.05, 4.69) is 14.8 Å². The van der Waals surface area contributed by atoms with Crippen molar-refractivity contribution in [3.63, 3.8) is 0 Å². The van der Waals surface area contributed by atoms with Gasteiger partial charge in [0.15, 0.2) is 11.5 Å². The summed E-state index contributed by atoms with van der Waals surface area (Å²) < 4.78 is 74.2. The normalized spacial score (nSPS) is 11.4. The van der Waals surface area contributed by atoms with Gasteiger partial charge in [-0.3, -0.25) is 9.52 Å². The molecule has 11 heteroatoms. The molecule has 3 aromatic carbocycles. The number of nitrogens with one attached hydrogen (secondary N) is 2. The van der Waals surface area contributed by atoms with E-state index in [9.17, 15) is 26.4 Å². The fraction of sp³-hybridized carbons (Fsp3) is 0.0870. The number of hydrogen-bond donors (Lipinski definition) is 2. The molecule has 0 bridgehead atoms. The number of benzene rings is 3. The number of methoxy groups -OCH3 is 1. The van der Waals surface area contributed by atoms with Gasteiger partial charge >= 0.3 is 6.61 Å². The fourth-order valence-electron chi connectivity index (χ4n) is 2.79. The summed E-state index contributed by atoms with van der Waals surface area (Å²) >= 11 is 0. The minimum Gasteiger partial charge on any atom is -0.493 e. The van der Waals surface area contributed by atoms with Crippen molar-refractivity contribution in [1.82, 2.24) is 0 Å². The summed E-state index contributed by atoms with van der Waals surface area (Å²) in [6.45, 7) is -2.99. The number of amides is 1. The SMILES string of the molecule is COc1cc(/C=C/C(=O)Nc2ccc(NS(=O)(=O)c3ccc(F)cc3)cc2)ccc1OC(F)F. The summed E-state index contributed by atoms with van der Waals surface area (Å²) in [4.78, 5) is 12.1. The van der Waals surface area contributed by atoms with Crippen molar-refractivity contribution < 1.29 is 35.9 Å². The van der Waals surface area contributed by atoms with E-state index in [1.54, 1.807) is 0 Å². The average Bonchev–Trinajstić information content (AvgIpc) is 2.79. The Kier molecular flexibility index (Phi) is 7.79. The van der Waals surface area contributed by atoms with E-state index in [0.717, 1.165) is 24.3 Å². The predicted octanol–water partition coefficient (Wildman–Crippen LogP) is 4.89. The van der Waals surface area contributed by atoms with Crippen LogP contribution in [0.4, 0.5) is 24.5 Å². The van der Waals surface area contributed by atoms with E-state index < -0.39 is 28.4 Å². The minimum atomic E-state index is -3.90. The van der Waals surface area contributed by atoms with Crippen LogP contribution in [0.2, 0.25) is 0 Å². The third-order valence-electron chi connectivity index (χ3n) is 4.36. The summed E-state index contributed by atoms with van der Waals surface area (Å²) in [5.74, 6) is -1.08. The average molecular weight is 492 g/mol. The molecule has 1 amide bonds. The van der Waals surface area contributed by atoms with Crippen LogP contribution < -0.4 is 19.5 Å². The smallest absolute Gasteiger partial charge is 0.387 e.